The average molecular weight is 650 g/mol. The predicted molar refractivity (Wildman–Crippen MR) is 143 cm³/mol. The zero-order valence-electron chi connectivity index (χ0n) is 22.6. The molecule has 1 saturated carbocycles. The third-order valence-electron chi connectivity index (χ3n) is 7.87. The molecular weight excluding hydrogens is 618 g/mol. The van der Waals surface area contributed by atoms with Crippen LogP contribution in [-0.4, -0.2) is 110 Å². The summed E-state index contributed by atoms with van der Waals surface area (Å²) in [5.41, 5.74) is 5.44. The standard InChI is InChI=1S/C21H32N8O12P2/c1-28-3-2-23-16(19(28)32)25-10-4-9-6-37-43(35,36)41-15-14(30)12(7-38-42(33,34)40-11(9)5-10)39-20(15)29-8-24-13-17(29)26-21(22)27-18(13)31/h2-3,8-15,17,20-21,26,30H,4-7,22H2,1H3,(H,23,25)(H,27,31)(H,33,34)(H,35,36)/t9-,10-,11+,12-,13?,14-,15-,17?,20-,21?/m1/s1. The zero-order valence-corrected chi connectivity index (χ0v) is 24.4. The van der Waals surface area contributed by atoms with Gasteiger partial charge in [-0.15, -0.1) is 0 Å². The molecular formula is C21H32N8O12P2. The van der Waals surface area contributed by atoms with E-state index in [1.165, 1.54) is 28.2 Å². The van der Waals surface area contributed by atoms with E-state index < -0.39 is 101 Å². The quantitative estimate of drug-likeness (QED) is 0.161. The summed E-state index contributed by atoms with van der Waals surface area (Å²) in [6.07, 6.45) is -4.22. The van der Waals surface area contributed by atoms with Gasteiger partial charge in [0.1, 0.15) is 30.8 Å². The number of hydrogen-bond donors (Lipinski definition) is 7. The normalized spacial score (nSPS) is 45.0. The Bertz CT molecular complexity index is 1430. The molecule has 4 fully saturated rings. The minimum absolute atomic E-state index is 0.0525. The number of aryl methyl sites for hydroxylation is 1. The van der Waals surface area contributed by atoms with E-state index in [1.54, 1.807) is 7.05 Å². The summed E-state index contributed by atoms with van der Waals surface area (Å²) in [4.78, 5) is 55.5. The van der Waals surface area contributed by atoms with Crippen LogP contribution in [0.15, 0.2) is 22.2 Å². The van der Waals surface area contributed by atoms with Crippen LogP contribution in [0.1, 0.15) is 12.8 Å². The molecule has 8 N–H and O–H groups in total. The van der Waals surface area contributed by atoms with Crippen LogP contribution in [0.5, 0.6) is 0 Å². The Morgan fingerprint density at radius 1 is 1.12 bits per heavy atom. The number of carbonyl (C=O) groups is 1. The number of nitrogens with one attached hydrogen (secondary N) is 3. The summed E-state index contributed by atoms with van der Waals surface area (Å²) >= 11 is 0. The highest BCUT2D eigenvalue weighted by Crippen LogP contribution is 2.53. The number of hydrogen-bond acceptors (Lipinski definition) is 16. The summed E-state index contributed by atoms with van der Waals surface area (Å²) in [5, 5.41) is 19.4. The van der Waals surface area contributed by atoms with Crippen LogP contribution in [0.25, 0.3) is 0 Å². The van der Waals surface area contributed by atoms with Gasteiger partial charge in [0.15, 0.2) is 18.1 Å². The number of ether oxygens (including phenoxy) is 1. The number of fused-ring (bicyclic) bond motifs is 4. The van der Waals surface area contributed by atoms with Gasteiger partial charge in [0, 0.05) is 31.4 Å². The lowest BCUT2D eigenvalue weighted by Gasteiger charge is -2.39. The fourth-order valence-electron chi connectivity index (χ4n) is 5.79. The van der Waals surface area contributed by atoms with Crippen molar-refractivity contribution in [1.82, 2.24) is 25.1 Å². The molecule has 3 saturated heterocycles. The van der Waals surface area contributed by atoms with Crippen LogP contribution in [0, 0.1) is 5.92 Å². The Labute approximate surface area is 243 Å². The molecule has 5 aliphatic rings. The third kappa shape index (κ3) is 6.28. The molecule has 0 aromatic carbocycles. The second kappa shape index (κ2) is 11.6. The molecule has 4 aliphatic heterocycles. The molecule has 238 valence electrons. The van der Waals surface area contributed by atoms with Gasteiger partial charge in [0.05, 0.1) is 25.7 Å². The van der Waals surface area contributed by atoms with Crippen molar-refractivity contribution in [3.8, 4) is 0 Å². The molecule has 1 aliphatic carbocycles. The van der Waals surface area contributed by atoms with E-state index in [4.69, 9.17) is 28.6 Å². The van der Waals surface area contributed by atoms with Gasteiger partial charge in [-0.2, -0.15) is 0 Å². The summed E-state index contributed by atoms with van der Waals surface area (Å²) in [6.45, 7) is -1.13. The fraction of sp³-hybridized carbons (Fsp3) is 0.714. The topological polar surface area (TPSA) is 271 Å². The third-order valence-corrected chi connectivity index (χ3v) is 9.87. The molecule has 1 amide bonds. The van der Waals surface area contributed by atoms with Gasteiger partial charge in [-0.25, -0.2) is 14.1 Å². The van der Waals surface area contributed by atoms with Gasteiger partial charge in [-0.3, -0.25) is 43.7 Å². The molecule has 2 bridgehead atoms. The molecule has 1 aromatic rings. The van der Waals surface area contributed by atoms with Crippen molar-refractivity contribution in [2.75, 3.05) is 18.5 Å². The fourth-order valence-corrected chi connectivity index (χ4v) is 7.77. The smallest absolute Gasteiger partial charge is 0.387 e. The van der Waals surface area contributed by atoms with Gasteiger partial charge >= 0.3 is 15.6 Å². The first-order chi connectivity index (χ1) is 20.3. The Morgan fingerprint density at radius 3 is 2.65 bits per heavy atom. The molecule has 0 radical (unpaired) electrons. The van der Waals surface area contributed by atoms with Crippen molar-refractivity contribution in [2.45, 2.75) is 68.0 Å². The maximum atomic E-state index is 13.2. The number of phosphoric ester groups is 2. The lowest BCUT2D eigenvalue weighted by Crippen LogP contribution is -2.70. The molecule has 20 nitrogen and oxygen atoms in total. The Morgan fingerprint density at radius 2 is 1.86 bits per heavy atom. The number of aliphatic hydroxyl groups is 1. The van der Waals surface area contributed by atoms with E-state index >= 15 is 0 Å². The monoisotopic (exact) mass is 650 g/mol. The Kier molecular flexibility index (Phi) is 8.25. The minimum Gasteiger partial charge on any atom is -0.387 e. The second-order valence-electron chi connectivity index (χ2n) is 10.8. The van der Waals surface area contributed by atoms with Crippen molar-refractivity contribution >= 4 is 33.7 Å². The van der Waals surface area contributed by atoms with E-state index in [1.807, 2.05) is 0 Å². The number of aromatic nitrogens is 2. The number of rotatable bonds is 3. The minimum atomic E-state index is -4.91. The van der Waals surface area contributed by atoms with Gasteiger partial charge in [-0.05, 0) is 12.8 Å². The molecule has 1 aromatic heterocycles. The van der Waals surface area contributed by atoms with Crippen LogP contribution < -0.4 is 27.2 Å². The van der Waals surface area contributed by atoms with Crippen molar-refractivity contribution in [1.29, 1.82) is 0 Å². The first-order valence-electron chi connectivity index (χ1n) is 13.4. The molecule has 5 heterocycles. The number of aliphatic imine (C=N–C) groups is 1. The highest BCUT2D eigenvalue weighted by molar-refractivity contribution is 7.47. The van der Waals surface area contributed by atoms with Crippen LogP contribution in [0.2, 0.25) is 0 Å². The first kappa shape index (κ1) is 30.7. The van der Waals surface area contributed by atoms with Crippen molar-refractivity contribution < 1.29 is 51.6 Å². The maximum Gasteiger partial charge on any atom is 0.472 e. The molecule has 43 heavy (non-hydrogen) atoms. The largest absolute Gasteiger partial charge is 0.472 e. The van der Waals surface area contributed by atoms with Crippen LogP contribution in [0.4, 0.5) is 5.82 Å². The van der Waals surface area contributed by atoms with Crippen LogP contribution >= 0.6 is 15.6 Å². The SMILES string of the molecule is Cn1ccnc(N[C@@H]2C[C@@H]3COP(=O)(O)O[C@@H]4[C@H](O)[C@@H](COP(=O)(O)O[C@H]3C2)O[C@H]4N2C=NC3C(=O)NC(N)NC32)c1=O. The number of aliphatic hydroxyl groups excluding tert-OH is 1. The zero-order chi connectivity index (χ0) is 30.7. The van der Waals surface area contributed by atoms with Crippen LogP contribution in [-0.2, 0) is 43.8 Å². The lowest BCUT2D eigenvalue weighted by atomic mass is 10.1. The number of phosphoric acid groups is 2. The van der Waals surface area contributed by atoms with Gasteiger partial charge in [0.2, 0.25) is 0 Å². The summed E-state index contributed by atoms with van der Waals surface area (Å²) < 4.78 is 54.7. The summed E-state index contributed by atoms with van der Waals surface area (Å²) in [6, 6.07) is -1.43. The molecule has 12 atom stereocenters. The van der Waals surface area contributed by atoms with Crippen molar-refractivity contribution in [3.05, 3.63) is 22.7 Å². The Hall–Kier alpha value is -2.32. The summed E-state index contributed by atoms with van der Waals surface area (Å²) in [5.74, 6) is -1.15. The molecule has 6 rings (SSSR count). The van der Waals surface area contributed by atoms with E-state index in [9.17, 15) is 33.6 Å². The van der Waals surface area contributed by atoms with Gasteiger partial charge < -0.3 is 39.7 Å². The number of nitrogens with two attached hydrogens (primary N) is 1. The van der Waals surface area contributed by atoms with E-state index in [2.05, 4.69) is 25.9 Å². The maximum absolute atomic E-state index is 13.2. The van der Waals surface area contributed by atoms with Gasteiger partial charge in [-0.1, -0.05) is 0 Å². The Balaban J connectivity index is 1.22. The lowest BCUT2D eigenvalue weighted by molar-refractivity contribution is -0.130. The number of amides is 1. The van der Waals surface area contributed by atoms with Crippen LogP contribution in [0.3, 0.4) is 0 Å². The van der Waals surface area contributed by atoms with E-state index in [-0.39, 0.29) is 18.7 Å². The summed E-state index contributed by atoms with van der Waals surface area (Å²) in [7, 11) is -8.13. The number of anilines is 1. The van der Waals surface area contributed by atoms with E-state index in [0.717, 1.165) is 0 Å². The van der Waals surface area contributed by atoms with E-state index in [0.29, 0.717) is 0 Å². The second-order valence-corrected chi connectivity index (χ2v) is 13.6. The number of carbonyl (C=O) groups excluding carboxylic acids is 1. The first-order valence-corrected chi connectivity index (χ1v) is 16.4. The average Bonchev–Trinajstić information content (AvgIpc) is 3.60. The molecule has 0 spiro atoms. The van der Waals surface area contributed by atoms with Crippen molar-refractivity contribution in [3.63, 3.8) is 0 Å². The highest BCUT2D eigenvalue weighted by Gasteiger charge is 2.55. The molecule has 22 heteroatoms. The predicted octanol–water partition coefficient (Wildman–Crippen LogP) is -2.93. The number of nitrogens with zero attached hydrogens (tertiary/aromatic N) is 4. The van der Waals surface area contributed by atoms with Crippen molar-refractivity contribution in [2.24, 2.45) is 23.7 Å². The molecule has 5 unspecified atom stereocenters. The highest BCUT2D eigenvalue weighted by atomic mass is 31.2. The van der Waals surface area contributed by atoms with Gasteiger partial charge in [0.25, 0.3) is 11.5 Å².